The number of rotatable bonds is 2. The van der Waals surface area contributed by atoms with Crippen LogP contribution in [0.4, 0.5) is 0 Å². The van der Waals surface area contributed by atoms with Gasteiger partial charge in [0.05, 0.1) is 11.6 Å². The van der Waals surface area contributed by atoms with Crippen molar-refractivity contribution in [3.05, 3.63) is 34.4 Å². The molecule has 4 heteroatoms. The highest BCUT2D eigenvalue weighted by molar-refractivity contribution is 6.07. The number of carbonyl (C=O) groups is 1. The van der Waals surface area contributed by atoms with E-state index in [1.54, 1.807) is 0 Å². The Hall–Kier alpha value is -1.84. The SMILES string of the molecule is Cc1cc(C)c(C2=NO[C@@H](C(=O)N3CCCCC3)[C@@H]2C)c(C)c1. The van der Waals surface area contributed by atoms with Gasteiger partial charge >= 0.3 is 0 Å². The average Bonchev–Trinajstić information content (AvgIpc) is 2.88. The molecule has 1 amide bonds. The van der Waals surface area contributed by atoms with Gasteiger partial charge in [-0.15, -0.1) is 0 Å². The van der Waals surface area contributed by atoms with E-state index in [-0.39, 0.29) is 11.8 Å². The van der Waals surface area contributed by atoms with E-state index in [1.807, 2.05) is 4.90 Å². The molecule has 1 fully saturated rings. The second-order valence-electron chi connectivity index (χ2n) is 6.95. The third kappa shape index (κ3) is 2.99. The molecular weight excluding hydrogens is 288 g/mol. The Morgan fingerprint density at radius 3 is 2.35 bits per heavy atom. The topological polar surface area (TPSA) is 41.9 Å². The average molecular weight is 314 g/mol. The van der Waals surface area contributed by atoms with Crippen LogP contribution in [0, 0.1) is 26.7 Å². The Bertz CT molecular complexity index is 622. The number of amides is 1. The fourth-order valence-electron chi connectivity index (χ4n) is 3.84. The van der Waals surface area contributed by atoms with Crippen molar-refractivity contribution in [1.82, 2.24) is 4.90 Å². The monoisotopic (exact) mass is 314 g/mol. The number of hydrogen-bond acceptors (Lipinski definition) is 3. The Morgan fingerprint density at radius 2 is 1.74 bits per heavy atom. The molecule has 124 valence electrons. The molecule has 0 bridgehead atoms. The third-order valence-corrected chi connectivity index (χ3v) is 4.99. The Morgan fingerprint density at radius 1 is 1.13 bits per heavy atom. The van der Waals surface area contributed by atoms with E-state index in [1.165, 1.54) is 23.1 Å². The predicted octanol–water partition coefficient (Wildman–Crippen LogP) is 3.36. The number of likely N-dealkylation sites (tertiary alicyclic amines) is 1. The summed E-state index contributed by atoms with van der Waals surface area (Å²) in [5, 5.41) is 4.30. The fraction of sp³-hybridized carbons (Fsp3) is 0.579. The lowest BCUT2D eigenvalue weighted by Gasteiger charge is -2.29. The summed E-state index contributed by atoms with van der Waals surface area (Å²) in [4.78, 5) is 20.3. The van der Waals surface area contributed by atoms with Crippen LogP contribution < -0.4 is 0 Å². The lowest BCUT2D eigenvalue weighted by atomic mass is 9.87. The van der Waals surface area contributed by atoms with Crippen LogP contribution in [0.5, 0.6) is 0 Å². The van der Waals surface area contributed by atoms with Crippen molar-refractivity contribution in [2.24, 2.45) is 11.1 Å². The summed E-state index contributed by atoms with van der Waals surface area (Å²) in [6, 6.07) is 4.33. The number of carbonyl (C=O) groups excluding carboxylic acids is 1. The van der Waals surface area contributed by atoms with Crippen LogP contribution in [0.15, 0.2) is 17.3 Å². The molecule has 0 spiro atoms. The quantitative estimate of drug-likeness (QED) is 0.840. The van der Waals surface area contributed by atoms with E-state index >= 15 is 0 Å². The normalized spacial score (nSPS) is 24.3. The minimum absolute atomic E-state index is 0.00969. The molecule has 0 saturated carbocycles. The first kappa shape index (κ1) is 16.0. The zero-order valence-electron chi connectivity index (χ0n) is 14.6. The molecule has 1 saturated heterocycles. The molecule has 0 N–H and O–H groups in total. The Labute approximate surface area is 138 Å². The highest BCUT2D eigenvalue weighted by atomic mass is 16.6. The maximum Gasteiger partial charge on any atom is 0.267 e. The van der Waals surface area contributed by atoms with E-state index in [2.05, 4.69) is 45.0 Å². The summed E-state index contributed by atoms with van der Waals surface area (Å²) >= 11 is 0. The molecule has 2 heterocycles. The van der Waals surface area contributed by atoms with Gasteiger partial charge in [-0.05, 0) is 51.2 Å². The largest absolute Gasteiger partial charge is 0.381 e. The Kier molecular flexibility index (Phi) is 4.42. The maximum absolute atomic E-state index is 12.7. The van der Waals surface area contributed by atoms with Crippen LogP contribution in [0.25, 0.3) is 0 Å². The van der Waals surface area contributed by atoms with Gasteiger partial charge in [0, 0.05) is 18.7 Å². The molecule has 0 radical (unpaired) electrons. The van der Waals surface area contributed by atoms with Gasteiger partial charge in [-0.3, -0.25) is 4.79 Å². The molecule has 4 nitrogen and oxygen atoms in total. The van der Waals surface area contributed by atoms with Crippen molar-refractivity contribution in [2.45, 2.75) is 53.1 Å². The third-order valence-electron chi connectivity index (χ3n) is 4.99. The summed E-state index contributed by atoms with van der Waals surface area (Å²) in [5.74, 6) is 0.0860. The number of piperidine rings is 1. The van der Waals surface area contributed by atoms with Crippen LogP contribution in [-0.2, 0) is 9.63 Å². The van der Waals surface area contributed by atoms with E-state index in [0.29, 0.717) is 0 Å². The molecule has 1 aromatic carbocycles. The van der Waals surface area contributed by atoms with Crippen molar-refractivity contribution in [1.29, 1.82) is 0 Å². The van der Waals surface area contributed by atoms with Crippen molar-refractivity contribution >= 4 is 11.6 Å². The minimum atomic E-state index is -0.469. The zero-order chi connectivity index (χ0) is 16.6. The van der Waals surface area contributed by atoms with Gasteiger partial charge in [0.25, 0.3) is 5.91 Å². The van der Waals surface area contributed by atoms with Crippen LogP contribution >= 0.6 is 0 Å². The smallest absolute Gasteiger partial charge is 0.267 e. The molecule has 2 aliphatic rings. The molecule has 0 aromatic heterocycles. The molecule has 2 atom stereocenters. The summed E-state index contributed by atoms with van der Waals surface area (Å²) < 4.78 is 0. The van der Waals surface area contributed by atoms with Crippen LogP contribution in [0.3, 0.4) is 0 Å². The van der Waals surface area contributed by atoms with Gasteiger partial charge in [-0.2, -0.15) is 0 Å². The van der Waals surface area contributed by atoms with Gasteiger partial charge in [0.2, 0.25) is 6.10 Å². The molecule has 0 aliphatic carbocycles. The van der Waals surface area contributed by atoms with Crippen LogP contribution in [-0.4, -0.2) is 35.7 Å². The van der Waals surface area contributed by atoms with E-state index in [4.69, 9.17) is 4.84 Å². The summed E-state index contributed by atoms with van der Waals surface area (Å²) in [7, 11) is 0. The van der Waals surface area contributed by atoms with Gasteiger partial charge in [-0.1, -0.05) is 29.8 Å². The highest BCUT2D eigenvalue weighted by Crippen LogP contribution is 2.29. The van der Waals surface area contributed by atoms with Crippen molar-refractivity contribution in [3.8, 4) is 0 Å². The zero-order valence-corrected chi connectivity index (χ0v) is 14.6. The van der Waals surface area contributed by atoms with Gasteiger partial charge < -0.3 is 9.74 Å². The standard InChI is InChI=1S/C19H26N2O2/c1-12-10-13(2)16(14(3)11-12)17-15(4)18(23-20-17)19(22)21-8-6-5-7-9-21/h10-11,15,18H,5-9H2,1-4H3/t15-,18-/m1/s1. The number of oxime groups is 1. The molecule has 2 aliphatic heterocycles. The van der Waals surface area contributed by atoms with E-state index in [9.17, 15) is 4.79 Å². The number of nitrogens with zero attached hydrogens (tertiary/aromatic N) is 2. The second-order valence-corrected chi connectivity index (χ2v) is 6.95. The highest BCUT2D eigenvalue weighted by Gasteiger charge is 2.40. The lowest BCUT2D eigenvalue weighted by Crippen LogP contribution is -2.44. The predicted molar refractivity (Wildman–Crippen MR) is 91.7 cm³/mol. The first-order valence-corrected chi connectivity index (χ1v) is 8.59. The summed E-state index contributed by atoms with van der Waals surface area (Å²) in [6.07, 6.45) is 2.94. The number of aryl methyl sites for hydroxylation is 3. The van der Waals surface area contributed by atoms with Crippen LogP contribution in [0.1, 0.15) is 48.4 Å². The summed E-state index contributed by atoms with van der Waals surface area (Å²) in [5.41, 5.74) is 5.69. The number of benzene rings is 1. The van der Waals surface area contributed by atoms with E-state index in [0.717, 1.165) is 37.2 Å². The van der Waals surface area contributed by atoms with Crippen molar-refractivity contribution in [2.75, 3.05) is 13.1 Å². The molecular formula is C19H26N2O2. The molecule has 3 rings (SSSR count). The minimum Gasteiger partial charge on any atom is -0.381 e. The van der Waals surface area contributed by atoms with Crippen molar-refractivity contribution < 1.29 is 9.63 Å². The molecule has 0 unspecified atom stereocenters. The van der Waals surface area contributed by atoms with Crippen LogP contribution in [0.2, 0.25) is 0 Å². The first-order valence-electron chi connectivity index (χ1n) is 8.59. The Balaban J connectivity index is 1.81. The maximum atomic E-state index is 12.7. The summed E-state index contributed by atoms with van der Waals surface area (Å²) in [6.45, 7) is 10.1. The molecule has 1 aromatic rings. The van der Waals surface area contributed by atoms with Gasteiger partial charge in [0.1, 0.15) is 0 Å². The van der Waals surface area contributed by atoms with Gasteiger partial charge in [0.15, 0.2) is 0 Å². The lowest BCUT2D eigenvalue weighted by molar-refractivity contribution is -0.144. The van der Waals surface area contributed by atoms with Crippen molar-refractivity contribution in [3.63, 3.8) is 0 Å². The first-order chi connectivity index (χ1) is 11.0. The van der Waals surface area contributed by atoms with Gasteiger partial charge in [-0.25, -0.2) is 0 Å². The number of hydrogen-bond donors (Lipinski definition) is 0. The fourth-order valence-corrected chi connectivity index (χ4v) is 3.84. The second kappa shape index (κ2) is 6.34. The van der Waals surface area contributed by atoms with E-state index < -0.39 is 6.10 Å². The molecule has 23 heavy (non-hydrogen) atoms.